The van der Waals surface area contributed by atoms with Crippen LogP contribution in [0.15, 0.2) is 47.4 Å². The fourth-order valence-corrected chi connectivity index (χ4v) is 4.56. The maximum absolute atomic E-state index is 12.1. The summed E-state index contributed by atoms with van der Waals surface area (Å²) in [5.74, 6) is -1.23. The van der Waals surface area contributed by atoms with Crippen LogP contribution in [0.3, 0.4) is 0 Å². The monoisotopic (exact) mass is 381 g/mol. The van der Waals surface area contributed by atoms with Gasteiger partial charge in [0.15, 0.2) is 0 Å². The van der Waals surface area contributed by atoms with Crippen molar-refractivity contribution >= 4 is 52.2 Å². The Morgan fingerprint density at radius 3 is 2.21 bits per heavy atom. The van der Waals surface area contributed by atoms with Gasteiger partial charge in [0.1, 0.15) is 11.6 Å². The van der Waals surface area contributed by atoms with E-state index in [-0.39, 0.29) is 11.6 Å². The summed E-state index contributed by atoms with van der Waals surface area (Å²) < 4.78 is 0. The average Bonchev–Trinajstić information content (AvgIpc) is 2.48. The summed E-state index contributed by atoms with van der Waals surface area (Å²) in [6, 6.07) is 12.4. The largest absolute Gasteiger partial charge is 0.398 e. The first-order chi connectivity index (χ1) is 11.3. The molecule has 0 heterocycles. The van der Waals surface area contributed by atoms with Crippen LogP contribution in [-0.2, 0) is 9.59 Å². The third-order valence-electron chi connectivity index (χ3n) is 3.62. The van der Waals surface area contributed by atoms with Crippen LogP contribution in [0.5, 0.6) is 0 Å². The van der Waals surface area contributed by atoms with Crippen molar-refractivity contribution in [3.05, 3.63) is 58.1 Å². The van der Waals surface area contributed by atoms with Gasteiger partial charge in [-0.25, -0.2) is 0 Å². The highest BCUT2D eigenvalue weighted by Crippen LogP contribution is 2.46. The molecule has 0 radical (unpaired) electrons. The average molecular weight is 382 g/mol. The first-order valence-corrected chi connectivity index (χ1v) is 8.92. The van der Waals surface area contributed by atoms with Crippen molar-refractivity contribution in [2.75, 3.05) is 5.73 Å². The van der Waals surface area contributed by atoms with Crippen LogP contribution in [-0.4, -0.2) is 11.6 Å². The maximum Gasteiger partial charge on any atom is 0.141 e. The van der Waals surface area contributed by atoms with E-state index in [1.807, 2.05) is 18.2 Å². The molecular formula is C18H17Cl2NO2S. The van der Waals surface area contributed by atoms with Crippen LogP contribution in [0.2, 0.25) is 10.0 Å². The van der Waals surface area contributed by atoms with E-state index in [2.05, 4.69) is 0 Å². The molecule has 126 valence electrons. The highest BCUT2D eigenvalue weighted by molar-refractivity contribution is 7.99. The molecule has 2 rings (SSSR count). The van der Waals surface area contributed by atoms with Gasteiger partial charge in [-0.05, 0) is 43.7 Å². The van der Waals surface area contributed by atoms with Crippen molar-refractivity contribution in [1.82, 2.24) is 0 Å². The number of nitrogen functional groups attached to an aromatic ring is 1. The first-order valence-electron chi connectivity index (χ1n) is 7.28. The quantitative estimate of drug-likeness (QED) is 0.424. The predicted octanol–water partition coefficient (Wildman–Crippen LogP) is 5.20. The van der Waals surface area contributed by atoms with Crippen LogP contribution < -0.4 is 5.73 Å². The molecule has 1 unspecified atom stereocenters. The Morgan fingerprint density at radius 2 is 1.67 bits per heavy atom. The fraction of sp³-hybridized carbons (Fsp3) is 0.222. The second kappa shape index (κ2) is 8.06. The van der Waals surface area contributed by atoms with Gasteiger partial charge in [0.2, 0.25) is 0 Å². The maximum atomic E-state index is 12.1. The van der Waals surface area contributed by atoms with Crippen molar-refractivity contribution in [1.29, 1.82) is 0 Å². The van der Waals surface area contributed by atoms with Crippen molar-refractivity contribution in [2.24, 2.45) is 5.92 Å². The van der Waals surface area contributed by atoms with Crippen LogP contribution in [0.4, 0.5) is 5.69 Å². The molecule has 6 heteroatoms. The Hall–Kier alpha value is -1.49. The fourth-order valence-electron chi connectivity index (χ4n) is 2.48. The van der Waals surface area contributed by atoms with Gasteiger partial charge in [-0.2, -0.15) is 0 Å². The van der Waals surface area contributed by atoms with E-state index in [0.717, 1.165) is 4.90 Å². The molecule has 2 aromatic carbocycles. The number of thioether (sulfide) groups is 1. The number of para-hydroxylation sites is 1. The number of hydrogen-bond acceptors (Lipinski definition) is 4. The molecule has 3 nitrogen and oxygen atoms in total. The summed E-state index contributed by atoms with van der Waals surface area (Å²) in [4.78, 5) is 25.0. The summed E-state index contributed by atoms with van der Waals surface area (Å²) in [6.07, 6.45) is 0. The van der Waals surface area contributed by atoms with E-state index in [1.165, 1.54) is 25.6 Å². The molecule has 2 N–H and O–H groups in total. The van der Waals surface area contributed by atoms with Crippen LogP contribution in [0.1, 0.15) is 24.7 Å². The lowest BCUT2D eigenvalue weighted by atomic mass is 9.92. The van der Waals surface area contributed by atoms with Crippen molar-refractivity contribution in [3.63, 3.8) is 0 Å². The first kappa shape index (κ1) is 18.8. The summed E-state index contributed by atoms with van der Waals surface area (Å²) in [5.41, 5.74) is 7.29. The minimum absolute atomic E-state index is 0.208. The Labute approximate surface area is 155 Å². The number of ketones is 2. The molecule has 0 saturated carbocycles. The topological polar surface area (TPSA) is 60.2 Å². The second-order valence-corrected chi connectivity index (χ2v) is 7.47. The van der Waals surface area contributed by atoms with Gasteiger partial charge in [0.25, 0.3) is 0 Å². The summed E-state index contributed by atoms with van der Waals surface area (Å²) in [7, 11) is 0. The third-order valence-corrected chi connectivity index (χ3v) is 5.59. The van der Waals surface area contributed by atoms with Crippen molar-refractivity contribution in [3.8, 4) is 0 Å². The van der Waals surface area contributed by atoms with Gasteiger partial charge >= 0.3 is 0 Å². The zero-order valence-corrected chi connectivity index (χ0v) is 15.6. The molecule has 0 aromatic heterocycles. The molecule has 1 atom stereocenters. The van der Waals surface area contributed by atoms with E-state index in [0.29, 0.717) is 21.3 Å². The highest BCUT2D eigenvalue weighted by Gasteiger charge is 2.33. The summed E-state index contributed by atoms with van der Waals surface area (Å²) in [5, 5.41) is 0.436. The molecule has 0 aliphatic carbocycles. The standard InChI is InChI=1S/C18H17Cl2NO2S/c1-10(22)17(11(2)23)18(13-8-7-12(19)9-14(13)20)24-16-6-4-3-5-15(16)21/h3-9,17-18H,21H2,1-2H3. The van der Waals surface area contributed by atoms with Gasteiger partial charge in [-0.1, -0.05) is 41.4 Å². The van der Waals surface area contributed by atoms with Gasteiger partial charge in [0, 0.05) is 20.6 Å². The molecule has 0 amide bonds. The zero-order valence-electron chi connectivity index (χ0n) is 13.3. The van der Waals surface area contributed by atoms with Crippen LogP contribution >= 0.6 is 35.0 Å². The number of carbonyl (C=O) groups excluding carboxylic acids is 2. The number of benzene rings is 2. The van der Waals surface area contributed by atoms with E-state index in [9.17, 15) is 9.59 Å². The van der Waals surface area contributed by atoms with Crippen molar-refractivity contribution < 1.29 is 9.59 Å². The SMILES string of the molecule is CC(=O)C(C(C)=O)C(Sc1ccccc1N)c1ccc(Cl)cc1Cl. The zero-order chi connectivity index (χ0) is 17.9. The molecule has 0 fully saturated rings. The lowest BCUT2D eigenvalue weighted by Crippen LogP contribution is -2.25. The van der Waals surface area contributed by atoms with E-state index in [4.69, 9.17) is 28.9 Å². The molecule has 0 aliphatic heterocycles. The Kier molecular flexibility index (Phi) is 6.33. The second-order valence-electron chi connectivity index (χ2n) is 5.44. The van der Waals surface area contributed by atoms with E-state index in [1.54, 1.807) is 24.3 Å². The van der Waals surface area contributed by atoms with Crippen LogP contribution in [0, 0.1) is 5.92 Å². The predicted molar refractivity (Wildman–Crippen MR) is 101 cm³/mol. The van der Waals surface area contributed by atoms with Gasteiger partial charge in [-0.3, -0.25) is 9.59 Å². The van der Waals surface area contributed by atoms with Gasteiger partial charge < -0.3 is 5.73 Å². The molecule has 0 bridgehead atoms. The van der Waals surface area contributed by atoms with E-state index >= 15 is 0 Å². The van der Waals surface area contributed by atoms with Crippen LogP contribution in [0.25, 0.3) is 0 Å². The number of carbonyl (C=O) groups is 2. The number of halogens is 2. The van der Waals surface area contributed by atoms with Crippen molar-refractivity contribution in [2.45, 2.75) is 24.0 Å². The molecule has 2 aromatic rings. The lowest BCUT2D eigenvalue weighted by Gasteiger charge is -2.25. The number of Topliss-reactive ketones (excluding diaryl/α,β-unsaturated/α-hetero) is 2. The summed E-state index contributed by atoms with van der Waals surface area (Å²) >= 11 is 13.7. The number of anilines is 1. The molecular weight excluding hydrogens is 365 g/mol. The normalized spacial score (nSPS) is 12.2. The highest BCUT2D eigenvalue weighted by atomic mass is 35.5. The molecule has 0 spiro atoms. The smallest absolute Gasteiger partial charge is 0.141 e. The minimum atomic E-state index is -0.812. The molecule has 0 aliphatic rings. The Balaban J connectivity index is 2.54. The molecule has 24 heavy (non-hydrogen) atoms. The Morgan fingerprint density at radius 1 is 1.04 bits per heavy atom. The number of nitrogens with two attached hydrogens (primary N) is 1. The third kappa shape index (κ3) is 4.32. The number of rotatable bonds is 6. The van der Waals surface area contributed by atoms with E-state index < -0.39 is 11.2 Å². The molecule has 0 saturated heterocycles. The summed E-state index contributed by atoms with van der Waals surface area (Å²) in [6.45, 7) is 2.83. The Bertz CT molecular complexity index is 765. The van der Waals surface area contributed by atoms with Gasteiger partial charge in [-0.15, -0.1) is 11.8 Å². The number of hydrogen-bond donors (Lipinski definition) is 1. The minimum Gasteiger partial charge on any atom is -0.398 e. The lowest BCUT2D eigenvalue weighted by molar-refractivity contribution is -0.130. The van der Waals surface area contributed by atoms with Gasteiger partial charge in [0.05, 0.1) is 11.2 Å².